The normalized spacial score (nSPS) is 20.5. The third-order valence-electron chi connectivity index (χ3n) is 6.79. The Labute approximate surface area is 208 Å². The molecule has 1 saturated carbocycles. The first kappa shape index (κ1) is 21.9. The van der Waals surface area contributed by atoms with Crippen LogP contribution in [0.2, 0.25) is 5.02 Å². The van der Waals surface area contributed by atoms with E-state index in [2.05, 4.69) is 57.3 Å². The average Bonchev–Trinajstić information content (AvgIpc) is 3.52. The molecule has 174 valence electrons. The number of amidine groups is 1. The zero-order chi connectivity index (χ0) is 23.2. The molecule has 2 aliphatic heterocycles. The number of rotatable bonds is 4. The summed E-state index contributed by atoms with van der Waals surface area (Å²) in [6.07, 6.45) is 6.32. The molecule has 1 saturated heterocycles. The van der Waals surface area contributed by atoms with Gasteiger partial charge in [-0.15, -0.1) is 0 Å². The van der Waals surface area contributed by atoms with Crippen LogP contribution in [-0.2, 0) is 11.3 Å². The lowest BCUT2D eigenvalue weighted by molar-refractivity contribution is -0.113. The van der Waals surface area contributed by atoms with Crippen molar-refractivity contribution in [3.8, 4) is 0 Å². The number of carbonyl (C=O) groups is 1. The molecule has 3 aliphatic rings. The minimum atomic E-state index is -0.148. The van der Waals surface area contributed by atoms with E-state index in [1.165, 1.54) is 35.7 Å². The van der Waals surface area contributed by atoms with Crippen LogP contribution in [0.25, 0.3) is 17.0 Å². The number of halogens is 1. The zero-order valence-electron chi connectivity index (χ0n) is 19.1. The first-order valence-electron chi connectivity index (χ1n) is 11.7. The van der Waals surface area contributed by atoms with Gasteiger partial charge in [0.2, 0.25) is 0 Å². The number of thioether (sulfide) groups is 1. The van der Waals surface area contributed by atoms with Gasteiger partial charge in [-0.2, -0.15) is 10.1 Å². The highest BCUT2D eigenvalue weighted by molar-refractivity contribution is 8.18. The van der Waals surface area contributed by atoms with Crippen LogP contribution >= 0.6 is 23.4 Å². The fraction of sp³-hybridized carbons (Fsp3) is 0.346. The number of carbonyl (C=O) groups excluding carboxylic acids is 1. The number of likely N-dealkylation sites (N-methyl/N-ethyl adjacent to an activating group) is 1. The van der Waals surface area contributed by atoms with Crippen LogP contribution < -0.4 is 0 Å². The molecule has 0 unspecified atom stereocenters. The van der Waals surface area contributed by atoms with E-state index in [1.807, 2.05) is 23.0 Å². The molecule has 0 N–H and O–H groups in total. The van der Waals surface area contributed by atoms with Gasteiger partial charge >= 0.3 is 0 Å². The Bertz CT molecular complexity index is 1330. The molecule has 1 aromatic heterocycles. The number of hydrogen-bond donors (Lipinski definition) is 0. The maximum Gasteiger partial charge on any atom is 0.286 e. The van der Waals surface area contributed by atoms with Crippen molar-refractivity contribution in [1.29, 1.82) is 0 Å². The smallest absolute Gasteiger partial charge is 0.286 e. The molecule has 8 heteroatoms. The van der Waals surface area contributed by atoms with E-state index in [9.17, 15) is 4.79 Å². The number of nitrogens with zero attached hydrogens (tertiary/aromatic N) is 5. The summed E-state index contributed by atoms with van der Waals surface area (Å²) in [5.74, 6) is 0.484. The number of benzene rings is 2. The van der Waals surface area contributed by atoms with Gasteiger partial charge in [0.1, 0.15) is 0 Å². The molecule has 0 radical (unpaired) electrons. The third kappa shape index (κ3) is 4.40. The molecular weight excluding hydrogens is 466 g/mol. The van der Waals surface area contributed by atoms with Gasteiger partial charge in [0.15, 0.2) is 5.17 Å². The van der Waals surface area contributed by atoms with Crippen LogP contribution in [0, 0.1) is 0 Å². The second kappa shape index (κ2) is 8.87. The van der Waals surface area contributed by atoms with Crippen molar-refractivity contribution in [3.63, 3.8) is 0 Å². The van der Waals surface area contributed by atoms with E-state index in [4.69, 9.17) is 11.6 Å². The molecule has 3 heterocycles. The third-order valence-corrected chi connectivity index (χ3v) is 8.07. The summed E-state index contributed by atoms with van der Waals surface area (Å²) >= 11 is 7.74. The Kier molecular flexibility index (Phi) is 5.71. The quantitative estimate of drug-likeness (QED) is 0.489. The molecule has 6 nitrogen and oxygen atoms in total. The zero-order valence-corrected chi connectivity index (χ0v) is 20.6. The summed E-state index contributed by atoms with van der Waals surface area (Å²) < 4.78 is 2.05. The summed E-state index contributed by atoms with van der Waals surface area (Å²) in [7, 11) is 2.12. The van der Waals surface area contributed by atoms with Crippen molar-refractivity contribution in [1.82, 2.24) is 19.6 Å². The maximum atomic E-state index is 12.5. The van der Waals surface area contributed by atoms with Gasteiger partial charge in [-0.3, -0.25) is 9.48 Å². The molecule has 2 fully saturated rings. The monoisotopic (exact) mass is 491 g/mol. The molecule has 3 aromatic rings. The first-order chi connectivity index (χ1) is 16.5. The molecule has 0 bridgehead atoms. The summed E-state index contributed by atoms with van der Waals surface area (Å²) in [4.78, 5) is 22.0. The van der Waals surface area contributed by atoms with Crippen molar-refractivity contribution >= 4 is 51.4 Å². The first-order valence-corrected chi connectivity index (χ1v) is 12.9. The van der Waals surface area contributed by atoms with Crippen molar-refractivity contribution in [2.75, 3.05) is 33.2 Å². The van der Waals surface area contributed by atoms with Gasteiger partial charge in [-0.25, -0.2) is 0 Å². The minimum Gasteiger partial charge on any atom is -0.348 e. The lowest BCUT2D eigenvalue weighted by Crippen LogP contribution is -2.46. The van der Waals surface area contributed by atoms with Crippen LogP contribution in [0.4, 0.5) is 0 Å². The maximum absolute atomic E-state index is 12.5. The van der Waals surface area contributed by atoms with Crippen LogP contribution in [0.1, 0.15) is 35.4 Å². The molecule has 2 aromatic carbocycles. The standard InChI is InChI=1S/C26H26ClN5OS/c1-30-8-10-31(11-9-30)26-29-25(33)24(34-26)13-17-2-7-23-20(12-17)15-28-32(23)16-19-5-6-21(27)14-22(19)18-3-4-18/h2,5-7,12-15,18H,3-4,8-11,16H2,1H3. The second-order valence-electron chi connectivity index (χ2n) is 9.34. The molecule has 34 heavy (non-hydrogen) atoms. The molecule has 0 atom stereocenters. The topological polar surface area (TPSA) is 53.7 Å². The van der Waals surface area contributed by atoms with Crippen LogP contribution in [0.5, 0.6) is 0 Å². The van der Waals surface area contributed by atoms with E-state index in [0.29, 0.717) is 10.8 Å². The fourth-order valence-electron chi connectivity index (χ4n) is 4.65. The van der Waals surface area contributed by atoms with E-state index >= 15 is 0 Å². The van der Waals surface area contributed by atoms with Gasteiger partial charge < -0.3 is 9.80 Å². The SMILES string of the molecule is CN1CCN(C2=NC(=O)C(=Cc3ccc4c(cnn4Cc4ccc(Cl)cc4C4CC4)c3)S2)CC1. The fourth-order valence-corrected chi connectivity index (χ4v) is 5.79. The second-order valence-corrected chi connectivity index (χ2v) is 10.8. The van der Waals surface area contributed by atoms with Gasteiger partial charge in [0.05, 0.1) is 23.2 Å². The summed E-state index contributed by atoms with van der Waals surface area (Å²) in [6.45, 7) is 4.52. The van der Waals surface area contributed by atoms with Crippen molar-refractivity contribution in [2.45, 2.75) is 25.3 Å². The average molecular weight is 492 g/mol. The summed E-state index contributed by atoms with van der Waals surface area (Å²) in [5.41, 5.74) is 4.71. The van der Waals surface area contributed by atoms with Crippen LogP contribution in [-0.4, -0.2) is 63.9 Å². The largest absolute Gasteiger partial charge is 0.348 e. The highest BCUT2D eigenvalue weighted by Gasteiger charge is 2.28. The van der Waals surface area contributed by atoms with Gasteiger partial charge in [0.25, 0.3) is 5.91 Å². The number of fused-ring (bicyclic) bond motifs is 1. The molecule has 1 amide bonds. The van der Waals surface area contributed by atoms with Crippen LogP contribution in [0.15, 0.2) is 52.5 Å². The van der Waals surface area contributed by atoms with E-state index < -0.39 is 0 Å². The van der Waals surface area contributed by atoms with Crippen molar-refractivity contribution < 1.29 is 4.79 Å². The number of aliphatic imine (C=N–C) groups is 1. The predicted molar refractivity (Wildman–Crippen MR) is 139 cm³/mol. The van der Waals surface area contributed by atoms with Crippen molar-refractivity contribution in [2.24, 2.45) is 4.99 Å². The van der Waals surface area contributed by atoms with E-state index in [-0.39, 0.29) is 5.91 Å². The molecule has 6 rings (SSSR count). The van der Waals surface area contributed by atoms with Crippen LogP contribution in [0.3, 0.4) is 0 Å². The Morgan fingerprint density at radius 2 is 1.94 bits per heavy atom. The summed E-state index contributed by atoms with van der Waals surface area (Å²) in [5, 5.41) is 7.35. The number of amides is 1. The molecule has 0 spiro atoms. The highest BCUT2D eigenvalue weighted by Crippen LogP contribution is 2.42. The Hall–Kier alpha value is -2.61. The Morgan fingerprint density at radius 3 is 2.74 bits per heavy atom. The Balaban J connectivity index is 1.21. The van der Waals surface area contributed by atoms with Gasteiger partial charge in [0, 0.05) is 36.6 Å². The molecule has 1 aliphatic carbocycles. The number of hydrogen-bond acceptors (Lipinski definition) is 5. The lowest BCUT2D eigenvalue weighted by Gasteiger charge is -2.32. The number of piperazine rings is 1. The highest BCUT2D eigenvalue weighted by atomic mass is 35.5. The Morgan fingerprint density at radius 1 is 1.12 bits per heavy atom. The minimum absolute atomic E-state index is 0.148. The summed E-state index contributed by atoms with van der Waals surface area (Å²) in [6, 6.07) is 12.4. The van der Waals surface area contributed by atoms with E-state index in [1.54, 1.807) is 0 Å². The number of aromatic nitrogens is 2. The van der Waals surface area contributed by atoms with Crippen molar-refractivity contribution in [3.05, 3.63) is 69.2 Å². The van der Waals surface area contributed by atoms with Gasteiger partial charge in [-0.05, 0) is 84.6 Å². The predicted octanol–water partition coefficient (Wildman–Crippen LogP) is 4.83. The molecular formula is C26H26ClN5OS. The lowest BCUT2D eigenvalue weighted by atomic mass is 10.0. The van der Waals surface area contributed by atoms with Gasteiger partial charge in [-0.1, -0.05) is 23.7 Å². The van der Waals surface area contributed by atoms with E-state index in [0.717, 1.165) is 59.4 Å².